The van der Waals surface area contributed by atoms with Crippen molar-refractivity contribution < 1.29 is 17.7 Å². The highest BCUT2D eigenvalue weighted by molar-refractivity contribution is 7.89. The lowest BCUT2D eigenvalue weighted by Crippen LogP contribution is -2.26. The molecule has 9 heteroatoms. The van der Waals surface area contributed by atoms with Crippen molar-refractivity contribution in [3.05, 3.63) is 77.4 Å². The molecule has 0 atom stereocenters. The van der Waals surface area contributed by atoms with Crippen molar-refractivity contribution in [2.75, 3.05) is 6.54 Å². The van der Waals surface area contributed by atoms with Gasteiger partial charge in [0.25, 0.3) is 5.91 Å². The van der Waals surface area contributed by atoms with Crippen LogP contribution in [0.15, 0.2) is 64.0 Å². The lowest BCUT2D eigenvalue weighted by atomic mass is 10.2. The minimum Gasteiger partial charge on any atom is -0.352 e. The third-order valence-electron chi connectivity index (χ3n) is 4.14. The maximum absolute atomic E-state index is 12.5. The van der Waals surface area contributed by atoms with E-state index in [1.165, 1.54) is 12.1 Å². The fraction of sp³-hybridized carbons (Fsp3) is 0.250. The number of carbonyl (C=O) groups is 1. The Bertz CT molecular complexity index is 1060. The van der Waals surface area contributed by atoms with Crippen molar-refractivity contribution in [3.63, 3.8) is 0 Å². The monoisotopic (exact) mass is 414 g/mol. The third-order valence-corrected chi connectivity index (χ3v) is 5.54. The van der Waals surface area contributed by atoms with E-state index in [1.807, 2.05) is 30.3 Å². The minimum atomic E-state index is -3.73. The van der Waals surface area contributed by atoms with Crippen molar-refractivity contribution in [2.24, 2.45) is 0 Å². The number of hydrogen-bond donors (Lipinski definition) is 2. The summed E-state index contributed by atoms with van der Waals surface area (Å²) in [5.74, 6) is 0.754. The number of rotatable bonds is 9. The maximum atomic E-state index is 12.5. The van der Waals surface area contributed by atoms with E-state index in [1.54, 1.807) is 19.1 Å². The summed E-state index contributed by atoms with van der Waals surface area (Å²) in [7, 11) is -3.73. The van der Waals surface area contributed by atoms with E-state index < -0.39 is 10.0 Å². The Hall–Kier alpha value is -3.04. The molecule has 0 saturated heterocycles. The summed E-state index contributed by atoms with van der Waals surface area (Å²) >= 11 is 0. The summed E-state index contributed by atoms with van der Waals surface area (Å²) in [4.78, 5) is 16.5. The van der Waals surface area contributed by atoms with E-state index in [2.05, 4.69) is 20.2 Å². The molecule has 1 amide bonds. The van der Waals surface area contributed by atoms with Crippen molar-refractivity contribution in [1.82, 2.24) is 20.2 Å². The molecule has 0 aliphatic rings. The lowest BCUT2D eigenvalue weighted by Gasteiger charge is -2.09. The van der Waals surface area contributed by atoms with Gasteiger partial charge in [0, 0.05) is 25.1 Å². The van der Waals surface area contributed by atoms with Gasteiger partial charge in [-0.3, -0.25) is 4.79 Å². The minimum absolute atomic E-state index is 0.0439. The molecule has 0 radical (unpaired) electrons. The number of carbonyl (C=O) groups excluding carboxylic acids is 1. The standard InChI is InChI=1S/C20H22N4O4S/c1-15-23-19(28-24-15)11-6-12-21-20(25)17-9-5-10-18(13-17)29(26,27)22-14-16-7-3-2-4-8-16/h2-5,7-10,13,22H,6,11-12,14H2,1H3,(H,21,25). The quantitative estimate of drug-likeness (QED) is 0.519. The van der Waals surface area contributed by atoms with Gasteiger partial charge in [-0.15, -0.1) is 0 Å². The normalized spacial score (nSPS) is 11.3. The van der Waals surface area contributed by atoms with Crippen LogP contribution in [0, 0.1) is 6.92 Å². The molecule has 8 nitrogen and oxygen atoms in total. The molecule has 0 fully saturated rings. The predicted octanol–water partition coefficient (Wildman–Crippen LogP) is 2.22. The van der Waals surface area contributed by atoms with Crippen LogP contribution < -0.4 is 10.0 Å². The van der Waals surface area contributed by atoms with Crippen LogP contribution in [0.3, 0.4) is 0 Å². The Kier molecular flexibility index (Phi) is 6.73. The molecule has 0 bridgehead atoms. The summed E-state index contributed by atoms with van der Waals surface area (Å²) in [6.07, 6.45) is 1.18. The summed E-state index contributed by atoms with van der Waals surface area (Å²) < 4.78 is 32.6. The second kappa shape index (κ2) is 9.44. The number of benzene rings is 2. The van der Waals surface area contributed by atoms with Crippen molar-refractivity contribution >= 4 is 15.9 Å². The van der Waals surface area contributed by atoms with Gasteiger partial charge in [0.15, 0.2) is 5.82 Å². The zero-order chi connectivity index (χ0) is 20.7. The molecule has 1 aromatic heterocycles. The largest absolute Gasteiger partial charge is 0.352 e. The number of nitrogens with zero attached hydrogens (tertiary/aromatic N) is 2. The molecule has 2 aromatic carbocycles. The van der Waals surface area contributed by atoms with Gasteiger partial charge in [-0.1, -0.05) is 41.6 Å². The topological polar surface area (TPSA) is 114 Å². The Balaban J connectivity index is 1.55. The fourth-order valence-corrected chi connectivity index (χ4v) is 3.71. The third kappa shape index (κ3) is 5.97. The Morgan fingerprint density at radius 2 is 1.90 bits per heavy atom. The molecule has 0 aliphatic heterocycles. The number of aryl methyl sites for hydroxylation is 2. The first-order valence-electron chi connectivity index (χ1n) is 9.15. The van der Waals surface area contributed by atoms with E-state index >= 15 is 0 Å². The molecule has 2 N–H and O–H groups in total. The highest BCUT2D eigenvalue weighted by atomic mass is 32.2. The number of hydrogen-bond acceptors (Lipinski definition) is 6. The predicted molar refractivity (Wildman–Crippen MR) is 107 cm³/mol. The molecule has 0 aliphatic carbocycles. The molecule has 3 rings (SSSR count). The first-order valence-corrected chi connectivity index (χ1v) is 10.6. The second-order valence-corrected chi connectivity index (χ2v) is 8.20. The maximum Gasteiger partial charge on any atom is 0.251 e. The molecule has 0 unspecified atom stereocenters. The molecule has 0 saturated carbocycles. The van der Waals surface area contributed by atoms with Crippen LogP contribution in [0.4, 0.5) is 0 Å². The molecular formula is C20H22N4O4S. The number of nitrogens with one attached hydrogen (secondary N) is 2. The molecule has 0 spiro atoms. The van der Waals surface area contributed by atoms with Gasteiger partial charge in [-0.05, 0) is 37.1 Å². The first kappa shape index (κ1) is 20.7. The lowest BCUT2D eigenvalue weighted by molar-refractivity contribution is 0.0952. The average molecular weight is 414 g/mol. The van der Waals surface area contributed by atoms with E-state index in [0.29, 0.717) is 31.1 Å². The van der Waals surface area contributed by atoms with Crippen LogP contribution in [0.25, 0.3) is 0 Å². The summed E-state index contributed by atoms with van der Waals surface area (Å²) in [6, 6.07) is 15.2. The zero-order valence-electron chi connectivity index (χ0n) is 16.0. The van der Waals surface area contributed by atoms with Gasteiger partial charge in [0.1, 0.15) is 0 Å². The number of aromatic nitrogens is 2. The highest BCUT2D eigenvalue weighted by Gasteiger charge is 2.16. The van der Waals surface area contributed by atoms with Crippen molar-refractivity contribution in [3.8, 4) is 0 Å². The second-order valence-electron chi connectivity index (χ2n) is 6.43. The fourth-order valence-electron chi connectivity index (χ4n) is 2.65. The smallest absolute Gasteiger partial charge is 0.251 e. The van der Waals surface area contributed by atoms with Crippen LogP contribution in [-0.2, 0) is 23.0 Å². The van der Waals surface area contributed by atoms with E-state index in [0.717, 1.165) is 5.56 Å². The zero-order valence-corrected chi connectivity index (χ0v) is 16.8. The van der Waals surface area contributed by atoms with Crippen LogP contribution in [-0.4, -0.2) is 31.0 Å². The van der Waals surface area contributed by atoms with Crippen molar-refractivity contribution in [1.29, 1.82) is 0 Å². The Labute approximate surface area is 169 Å². The molecule has 29 heavy (non-hydrogen) atoms. The van der Waals surface area contributed by atoms with Gasteiger partial charge >= 0.3 is 0 Å². The molecule has 1 heterocycles. The van der Waals surface area contributed by atoms with Crippen LogP contribution in [0.2, 0.25) is 0 Å². The van der Waals surface area contributed by atoms with E-state index in [4.69, 9.17) is 4.52 Å². The van der Waals surface area contributed by atoms with Crippen LogP contribution >= 0.6 is 0 Å². The SMILES string of the molecule is Cc1noc(CCCNC(=O)c2cccc(S(=O)(=O)NCc3ccccc3)c2)n1. The first-order chi connectivity index (χ1) is 13.9. The van der Waals surface area contributed by atoms with Gasteiger partial charge in [0.05, 0.1) is 4.90 Å². The summed E-state index contributed by atoms with van der Waals surface area (Å²) in [5.41, 5.74) is 1.13. The summed E-state index contributed by atoms with van der Waals surface area (Å²) in [6.45, 7) is 2.32. The van der Waals surface area contributed by atoms with Gasteiger partial charge < -0.3 is 9.84 Å². The van der Waals surface area contributed by atoms with Gasteiger partial charge in [0.2, 0.25) is 15.9 Å². The molecule has 3 aromatic rings. The van der Waals surface area contributed by atoms with E-state index in [-0.39, 0.29) is 22.9 Å². The Morgan fingerprint density at radius 3 is 2.62 bits per heavy atom. The van der Waals surface area contributed by atoms with Gasteiger partial charge in [-0.2, -0.15) is 4.98 Å². The van der Waals surface area contributed by atoms with E-state index in [9.17, 15) is 13.2 Å². The van der Waals surface area contributed by atoms with Crippen LogP contribution in [0.1, 0.15) is 34.1 Å². The molecule has 152 valence electrons. The highest BCUT2D eigenvalue weighted by Crippen LogP contribution is 2.12. The number of amides is 1. The number of sulfonamides is 1. The Morgan fingerprint density at radius 1 is 1.10 bits per heavy atom. The molecular weight excluding hydrogens is 392 g/mol. The van der Waals surface area contributed by atoms with Gasteiger partial charge in [-0.25, -0.2) is 13.1 Å². The average Bonchev–Trinajstić information content (AvgIpc) is 3.15. The van der Waals surface area contributed by atoms with Crippen molar-refractivity contribution in [2.45, 2.75) is 31.2 Å². The summed E-state index contributed by atoms with van der Waals surface area (Å²) in [5, 5.41) is 6.48. The van der Waals surface area contributed by atoms with Crippen LogP contribution in [0.5, 0.6) is 0 Å².